The second-order valence-corrected chi connectivity index (χ2v) is 6.82. The van der Waals surface area contributed by atoms with Crippen LogP contribution in [0.1, 0.15) is 31.7 Å². The number of hydrogen-bond acceptors (Lipinski definition) is 1. The quantitative estimate of drug-likeness (QED) is 0.445. The summed E-state index contributed by atoms with van der Waals surface area (Å²) in [5, 5.41) is 3.49. The first-order chi connectivity index (χ1) is 13.2. The molecule has 0 aliphatic rings. The molecule has 1 N–H and O–H groups in total. The van der Waals surface area contributed by atoms with Gasteiger partial charge in [-0.1, -0.05) is 44.0 Å². The van der Waals surface area contributed by atoms with E-state index in [-0.39, 0.29) is 11.6 Å². The highest BCUT2D eigenvalue weighted by Crippen LogP contribution is 2.29. The first kappa shape index (κ1) is 19.2. The van der Waals surface area contributed by atoms with E-state index in [1.54, 1.807) is 24.3 Å². The Morgan fingerprint density at radius 3 is 1.67 bits per heavy atom. The van der Waals surface area contributed by atoms with E-state index in [2.05, 4.69) is 30.4 Å². The summed E-state index contributed by atoms with van der Waals surface area (Å²) in [6.45, 7) is 3.95. The second kappa shape index (κ2) is 9.43. The van der Waals surface area contributed by atoms with Crippen molar-refractivity contribution in [1.29, 1.82) is 0 Å². The van der Waals surface area contributed by atoms with Crippen molar-refractivity contribution in [1.82, 2.24) is 5.32 Å². The molecule has 0 atom stereocenters. The Hall–Kier alpha value is -2.52. The van der Waals surface area contributed by atoms with Crippen LogP contribution >= 0.6 is 0 Å². The molecule has 0 saturated heterocycles. The summed E-state index contributed by atoms with van der Waals surface area (Å²) in [6, 6.07) is 19.4. The molecule has 0 aromatic heterocycles. The largest absolute Gasteiger partial charge is 0.313 e. The van der Waals surface area contributed by atoms with E-state index in [4.69, 9.17) is 0 Å². The molecule has 0 unspecified atom stereocenters. The third-order valence-corrected chi connectivity index (χ3v) is 4.63. The Morgan fingerprint density at radius 2 is 1.19 bits per heavy atom. The molecule has 0 aliphatic heterocycles. The fraction of sp³-hybridized carbons (Fsp3) is 0.250. The minimum absolute atomic E-state index is 0.244. The van der Waals surface area contributed by atoms with Gasteiger partial charge in [-0.05, 0) is 83.2 Å². The van der Waals surface area contributed by atoms with Gasteiger partial charge in [-0.3, -0.25) is 0 Å². The maximum Gasteiger partial charge on any atom is 0.123 e. The Balaban J connectivity index is 1.89. The number of nitrogens with one attached hydrogen (secondary N) is 1. The Bertz CT molecular complexity index is 791. The maximum atomic E-state index is 13.3. The highest BCUT2D eigenvalue weighted by atomic mass is 19.1. The van der Waals surface area contributed by atoms with Crippen molar-refractivity contribution in [3.8, 4) is 22.3 Å². The van der Waals surface area contributed by atoms with Crippen LogP contribution in [0.15, 0.2) is 66.7 Å². The van der Waals surface area contributed by atoms with Gasteiger partial charge < -0.3 is 5.32 Å². The maximum absolute atomic E-state index is 13.3. The SMILES string of the molecule is CCCCCNCc1cc(-c2ccc(F)cc2)cc(-c2ccc(F)cc2)c1. The van der Waals surface area contributed by atoms with Gasteiger partial charge >= 0.3 is 0 Å². The van der Waals surface area contributed by atoms with Crippen molar-refractivity contribution in [2.24, 2.45) is 0 Å². The third kappa shape index (κ3) is 5.48. The van der Waals surface area contributed by atoms with Gasteiger partial charge in [-0.2, -0.15) is 0 Å². The molecule has 0 aliphatic carbocycles. The van der Waals surface area contributed by atoms with Crippen molar-refractivity contribution < 1.29 is 8.78 Å². The van der Waals surface area contributed by atoms with Gasteiger partial charge in [0.25, 0.3) is 0 Å². The average molecular weight is 365 g/mol. The van der Waals surface area contributed by atoms with Crippen molar-refractivity contribution >= 4 is 0 Å². The first-order valence-electron chi connectivity index (χ1n) is 9.52. The van der Waals surface area contributed by atoms with E-state index in [0.717, 1.165) is 40.9 Å². The van der Waals surface area contributed by atoms with E-state index in [9.17, 15) is 8.78 Å². The number of halogens is 2. The van der Waals surface area contributed by atoms with Crippen LogP contribution in [0.2, 0.25) is 0 Å². The van der Waals surface area contributed by atoms with Crippen LogP contribution in [-0.4, -0.2) is 6.54 Å². The van der Waals surface area contributed by atoms with Crippen LogP contribution < -0.4 is 5.32 Å². The summed E-state index contributed by atoms with van der Waals surface area (Å²) in [4.78, 5) is 0. The summed E-state index contributed by atoms with van der Waals surface area (Å²) < 4.78 is 26.6. The van der Waals surface area contributed by atoms with Crippen LogP contribution in [-0.2, 0) is 6.54 Å². The predicted molar refractivity (Wildman–Crippen MR) is 108 cm³/mol. The van der Waals surface area contributed by atoms with Gasteiger partial charge in [-0.15, -0.1) is 0 Å². The van der Waals surface area contributed by atoms with E-state index in [0.29, 0.717) is 0 Å². The fourth-order valence-electron chi connectivity index (χ4n) is 3.14. The first-order valence-corrected chi connectivity index (χ1v) is 9.52. The molecule has 0 radical (unpaired) electrons. The molecule has 0 heterocycles. The zero-order chi connectivity index (χ0) is 19.1. The monoisotopic (exact) mass is 365 g/mol. The van der Waals surface area contributed by atoms with Crippen LogP contribution in [0, 0.1) is 11.6 Å². The highest BCUT2D eigenvalue weighted by Gasteiger charge is 2.06. The molecule has 140 valence electrons. The van der Waals surface area contributed by atoms with Crippen LogP contribution in [0.5, 0.6) is 0 Å². The predicted octanol–water partition coefficient (Wildman–Crippen LogP) is 6.58. The number of rotatable bonds is 8. The lowest BCUT2D eigenvalue weighted by Gasteiger charge is -2.12. The Kier molecular flexibility index (Phi) is 6.72. The van der Waals surface area contributed by atoms with Crippen LogP contribution in [0.3, 0.4) is 0 Å². The molecule has 3 aromatic carbocycles. The minimum atomic E-state index is -0.244. The van der Waals surface area contributed by atoms with E-state index in [1.807, 2.05) is 0 Å². The summed E-state index contributed by atoms with van der Waals surface area (Å²) >= 11 is 0. The lowest BCUT2D eigenvalue weighted by Crippen LogP contribution is -2.14. The van der Waals surface area contributed by atoms with Crippen LogP contribution in [0.25, 0.3) is 22.3 Å². The standard InChI is InChI=1S/C24H25F2N/c1-2-3-4-13-27-17-18-14-21(19-5-9-23(25)10-6-19)16-22(15-18)20-7-11-24(26)12-8-20/h5-12,14-16,27H,2-4,13,17H2,1H3. The normalized spacial score (nSPS) is 10.9. The molecule has 0 spiro atoms. The molecule has 0 bridgehead atoms. The highest BCUT2D eigenvalue weighted by molar-refractivity contribution is 5.74. The molecule has 0 saturated carbocycles. The van der Waals surface area contributed by atoms with E-state index >= 15 is 0 Å². The molecule has 27 heavy (non-hydrogen) atoms. The lowest BCUT2D eigenvalue weighted by molar-refractivity contribution is 0.617. The Morgan fingerprint density at radius 1 is 0.667 bits per heavy atom. The van der Waals surface area contributed by atoms with Gasteiger partial charge in [0.2, 0.25) is 0 Å². The third-order valence-electron chi connectivity index (χ3n) is 4.63. The lowest BCUT2D eigenvalue weighted by atomic mass is 9.96. The summed E-state index contributed by atoms with van der Waals surface area (Å²) in [6.07, 6.45) is 3.60. The average Bonchev–Trinajstić information content (AvgIpc) is 2.69. The molecular formula is C24H25F2N. The second-order valence-electron chi connectivity index (χ2n) is 6.82. The topological polar surface area (TPSA) is 12.0 Å². The Labute approximate surface area is 160 Å². The molecule has 3 rings (SSSR count). The van der Waals surface area contributed by atoms with Gasteiger partial charge in [0, 0.05) is 6.54 Å². The van der Waals surface area contributed by atoms with Crippen molar-refractivity contribution in [3.63, 3.8) is 0 Å². The molecule has 0 fully saturated rings. The van der Waals surface area contributed by atoms with Gasteiger partial charge in [0.15, 0.2) is 0 Å². The summed E-state index contributed by atoms with van der Waals surface area (Å²) in [5.74, 6) is -0.488. The summed E-state index contributed by atoms with van der Waals surface area (Å²) in [5.41, 5.74) is 5.15. The number of unbranched alkanes of at least 4 members (excludes halogenated alkanes) is 2. The van der Waals surface area contributed by atoms with Crippen molar-refractivity contribution in [2.45, 2.75) is 32.7 Å². The number of hydrogen-bond donors (Lipinski definition) is 1. The zero-order valence-corrected chi connectivity index (χ0v) is 15.6. The zero-order valence-electron chi connectivity index (χ0n) is 15.6. The number of benzene rings is 3. The molecular weight excluding hydrogens is 340 g/mol. The van der Waals surface area contributed by atoms with E-state index < -0.39 is 0 Å². The van der Waals surface area contributed by atoms with E-state index in [1.165, 1.54) is 43.5 Å². The van der Waals surface area contributed by atoms with Crippen LogP contribution in [0.4, 0.5) is 8.78 Å². The minimum Gasteiger partial charge on any atom is -0.313 e. The molecule has 0 amide bonds. The van der Waals surface area contributed by atoms with Gasteiger partial charge in [0.05, 0.1) is 0 Å². The smallest absolute Gasteiger partial charge is 0.123 e. The van der Waals surface area contributed by atoms with Gasteiger partial charge in [0.1, 0.15) is 11.6 Å². The van der Waals surface area contributed by atoms with Crippen molar-refractivity contribution in [2.75, 3.05) is 6.54 Å². The van der Waals surface area contributed by atoms with Gasteiger partial charge in [-0.25, -0.2) is 8.78 Å². The molecule has 3 heteroatoms. The summed E-state index contributed by atoms with van der Waals surface area (Å²) in [7, 11) is 0. The molecule has 3 aromatic rings. The molecule has 1 nitrogen and oxygen atoms in total. The fourth-order valence-corrected chi connectivity index (χ4v) is 3.14. The van der Waals surface area contributed by atoms with Crippen molar-refractivity contribution in [3.05, 3.63) is 83.9 Å².